The molecule has 0 aromatic heterocycles. The van der Waals surface area contributed by atoms with E-state index in [9.17, 15) is 40.2 Å². The van der Waals surface area contributed by atoms with Crippen molar-refractivity contribution < 1.29 is 111 Å². The van der Waals surface area contributed by atoms with Gasteiger partial charge in [-0.15, -0.1) is 0 Å². The van der Waals surface area contributed by atoms with Gasteiger partial charge in [0, 0.05) is 20.0 Å². The maximum Gasteiger partial charge on any atom is 0.306 e. The smallest absolute Gasteiger partial charge is 0.306 e. The molecule has 23 atom stereocenters. The van der Waals surface area contributed by atoms with E-state index in [1.165, 1.54) is 0 Å². The van der Waals surface area contributed by atoms with Crippen molar-refractivity contribution in [3.63, 3.8) is 0 Å². The summed E-state index contributed by atoms with van der Waals surface area (Å²) in [5.74, 6) is 0.431. The molecule has 0 amide bonds. The molecule has 8 fully saturated rings. The summed E-state index contributed by atoms with van der Waals surface area (Å²) in [6, 6.07) is 0. The molecule has 5 unspecified atom stereocenters. The molecule has 0 saturated heterocycles. The molecule has 0 heterocycles. The van der Waals surface area contributed by atoms with Crippen molar-refractivity contribution in [1.29, 1.82) is 0 Å². The van der Waals surface area contributed by atoms with Gasteiger partial charge in [0.15, 0.2) is 6.10 Å². The predicted molar refractivity (Wildman–Crippen MR) is 362 cm³/mol. The molecule has 570 valence electrons. The van der Waals surface area contributed by atoms with Gasteiger partial charge in [-0.25, -0.2) is 0 Å². The topological polar surface area (TPSA) is 294 Å². The van der Waals surface area contributed by atoms with Gasteiger partial charge >= 0.3 is 11.9 Å². The molecular formula is C75H132O23. The van der Waals surface area contributed by atoms with E-state index >= 15 is 0 Å². The zero-order valence-corrected chi connectivity index (χ0v) is 61.4. The molecule has 23 heteroatoms. The van der Waals surface area contributed by atoms with Crippen molar-refractivity contribution >= 4 is 11.9 Å². The van der Waals surface area contributed by atoms with E-state index in [1.807, 2.05) is 0 Å². The number of carbonyl (C=O) groups excluding carboxylic acids is 2. The van der Waals surface area contributed by atoms with Crippen LogP contribution in [0.15, 0.2) is 0 Å². The Hall–Kier alpha value is -1.82. The number of hydrogen-bond donors (Lipinski definition) is 6. The number of ether oxygens (including phenoxy) is 15. The van der Waals surface area contributed by atoms with Crippen LogP contribution in [0.1, 0.15) is 171 Å². The molecule has 0 aromatic rings. The SMILES string of the molecule is COCOCCOCCOCCOCCOCOCCOCCOCCOCCOCCOCOCC(COC(=O)CC[C@H](C)[C@@H]1CC[C@@H]2C3[C@@H](O)CC4C[C@@H](O)CC[C@@]4(C)[C@]3(C)C[C@@H](O)[C@]21C)OC(=O)CC[C@@H](C)[C@H]1CC[C@H]2C3[C@H](O)CC4C[C@H](O)CC[C@]4(C)[C@@]3(C)C[C@H](O)[C@]12C. The highest BCUT2D eigenvalue weighted by Crippen LogP contribution is 2.75. The first-order valence-electron chi connectivity index (χ1n) is 37.8. The molecule has 23 nitrogen and oxygen atoms in total. The Labute approximate surface area is 585 Å². The molecule has 98 heavy (non-hydrogen) atoms. The van der Waals surface area contributed by atoms with Crippen LogP contribution in [0.5, 0.6) is 0 Å². The van der Waals surface area contributed by atoms with Crippen LogP contribution < -0.4 is 0 Å². The second kappa shape index (κ2) is 39.0. The summed E-state index contributed by atoms with van der Waals surface area (Å²) in [4.78, 5) is 27.6. The summed E-state index contributed by atoms with van der Waals surface area (Å²) in [7, 11) is 1.58. The van der Waals surface area contributed by atoms with Gasteiger partial charge in [0.05, 0.1) is 162 Å². The van der Waals surface area contributed by atoms with Crippen LogP contribution >= 0.6 is 0 Å². The van der Waals surface area contributed by atoms with Crippen LogP contribution in [0.4, 0.5) is 0 Å². The molecule has 8 aliphatic carbocycles. The Morgan fingerprint density at radius 3 is 1.13 bits per heavy atom. The number of methoxy groups -OCH3 is 1. The summed E-state index contributed by atoms with van der Waals surface area (Å²) < 4.78 is 83.1. The summed E-state index contributed by atoms with van der Waals surface area (Å²) in [5, 5.41) is 70.0. The average molecular weight is 1400 g/mol. The second-order valence-corrected chi connectivity index (χ2v) is 32.1. The number of esters is 2. The lowest BCUT2D eigenvalue weighted by atomic mass is 9.37. The van der Waals surface area contributed by atoms with Crippen LogP contribution in [0.2, 0.25) is 0 Å². The molecule has 0 aliphatic heterocycles. The van der Waals surface area contributed by atoms with Crippen LogP contribution in [0.3, 0.4) is 0 Å². The van der Waals surface area contributed by atoms with Crippen molar-refractivity contribution in [3.8, 4) is 0 Å². The molecule has 0 spiro atoms. The van der Waals surface area contributed by atoms with Gasteiger partial charge in [0.2, 0.25) is 0 Å². The van der Waals surface area contributed by atoms with Crippen molar-refractivity contribution in [2.45, 2.75) is 214 Å². The fraction of sp³-hybridized carbons (Fsp3) is 0.973. The predicted octanol–water partition coefficient (Wildman–Crippen LogP) is 7.70. The van der Waals surface area contributed by atoms with Crippen LogP contribution in [-0.4, -0.2) is 245 Å². The monoisotopic (exact) mass is 1400 g/mol. The Morgan fingerprint density at radius 1 is 0.408 bits per heavy atom. The Kier molecular flexibility index (Phi) is 32.5. The maximum absolute atomic E-state index is 13.9. The van der Waals surface area contributed by atoms with Gasteiger partial charge in [0.1, 0.15) is 27.0 Å². The average Bonchev–Trinajstić information content (AvgIpc) is 1.17. The van der Waals surface area contributed by atoms with E-state index in [4.69, 9.17) is 71.1 Å². The van der Waals surface area contributed by atoms with Gasteiger partial charge in [-0.3, -0.25) is 9.59 Å². The minimum atomic E-state index is -0.897. The van der Waals surface area contributed by atoms with Crippen LogP contribution in [-0.2, 0) is 80.6 Å². The van der Waals surface area contributed by atoms with Gasteiger partial charge in [-0.2, -0.15) is 0 Å². The maximum atomic E-state index is 13.9. The minimum Gasteiger partial charge on any atom is -0.462 e. The zero-order chi connectivity index (χ0) is 70.6. The van der Waals surface area contributed by atoms with Crippen molar-refractivity contribution in [3.05, 3.63) is 0 Å². The number of aliphatic hydroxyl groups excluding tert-OH is 6. The molecule has 8 saturated carbocycles. The zero-order valence-electron chi connectivity index (χ0n) is 61.4. The van der Waals surface area contributed by atoms with E-state index in [-0.39, 0.29) is 146 Å². The van der Waals surface area contributed by atoms with E-state index in [2.05, 4.69) is 55.4 Å². The first-order chi connectivity index (χ1) is 47.0. The molecular weight excluding hydrogens is 1270 g/mol. The van der Waals surface area contributed by atoms with Gasteiger partial charge < -0.3 is 102 Å². The van der Waals surface area contributed by atoms with Gasteiger partial charge in [-0.05, 0) is 194 Å². The fourth-order valence-corrected chi connectivity index (χ4v) is 21.4. The van der Waals surface area contributed by atoms with E-state index in [0.29, 0.717) is 164 Å². The molecule has 6 N–H and O–H groups in total. The highest BCUT2D eigenvalue weighted by Gasteiger charge is 2.72. The summed E-state index contributed by atoms with van der Waals surface area (Å²) in [5.41, 5.74) is -1.53. The first kappa shape index (κ1) is 81.8. The highest BCUT2D eigenvalue weighted by atomic mass is 16.7. The largest absolute Gasteiger partial charge is 0.462 e. The Morgan fingerprint density at radius 2 is 0.755 bits per heavy atom. The molecule has 0 aromatic carbocycles. The number of fused-ring (bicyclic) bond motifs is 10. The lowest BCUT2D eigenvalue weighted by Gasteiger charge is -2.69. The lowest BCUT2D eigenvalue weighted by molar-refractivity contribution is -0.251. The first-order valence-corrected chi connectivity index (χ1v) is 37.8. The molecule has 8 rings (SSSR count). The summed E-state index contributed by atoms with van der Waals surface area (Å²) in [6.45, 7) is 25.7. The third kappa shape index (κ3) is 19.8. The van der Waals surface area contributed by atoms with Crippen molar-refractivity contribution in [2.24, 2.45) is 91.7 Å². The van der Waals surface area contributed by atoms with Crippen LogP contribution in [0, 0.1) is 91.7 Å². The van der Waals surface area contributed by atoms with Gasteiger partial charge in [-0.1, -0.05) is 55.4 Å². The molecule has 8 aliphatic rings. The minimum absolute atomic E-state index is 0.0445. The number of hydrogen-bond acceptors (Lipinski definition) is 23. The van der Waals surface area contributed by atoms with Crippen molar-refractivity contribution in [1.82, 2.24) is 0 Å². The normalized spacial score (nSPS) is 38.2. The quantitative estimate of drug-likeness (QED) is 0.0193. The summed E-state index contributed by atoms with van der Waals surface area (Å²) in [6.07, 6.45) is 8.65. The number of aliphatic hydroxyl groups is 6. The Balaban J connectivity index is 0.711. The second-order valence-electron chi connectivity index (χ2n) is 32.1. The number of carbonyl (C=O) groups is 2. The molecule has 0 bridgehead atoms. The highest BCUT2D eigenvalue weighted by molar-refractivity contribution is 5.70. The summed E-state index contributed by atoms with van der Waals surface area (Å²) >= 11 is 0. The van der Waals surface area contributed by atoms with Gasteiger partial charge in [0.25, 0.3) is 0 Å². The Bertz CT molecular complexity index is 2320. The molecule has 0 radical (unpaired) electrons. The van der Waals surface area contributed by atoms with Crippen LogP contribution in [0.25, 0.3) is 0 Å². The third-order valence-electron chi connectivity index (χ3n) is 27.1. The lowest BCUT2D eigenvalue weighted by Crippen LogP contribution is -2.67. The fourth-order valence-electron chi connectivity index (χ4n) is 21.4. The van der Waals surface area contributed by atoms with E-state index in [0.717, 1.165) is 51.4 Å². The third-order valence-corrected chi connectivity index (χ3v) is 27.1. The number of rotatable bonds is 46. The standard InChI is InChI=1S/C75H132O23/c1-51(58-12-14-60-68-62(78)42-53-40-55(76)18-20-70(53,3)72(68,5)44-64(80)74(58,60)7)10-16-66(82)97-47-57(98-67(83)17-11-52(2)59-13-15-61-69-63(79)43-54-41-56(77)19-21-71(54,4)73(69,6)45-65(81)75(59,61)8)46-96-50-95-39-35-91-31-27-86-23-22-85-25-29-89-33-37-93-49-94-38-34-90-30-26-87-24-28-88-32-36-92-48-84-9/h51-65,68-69,76-81H,10-50H2,1-9H3/t51-,52+,53?,54?,55-,56+,57?,58-,59+,60+,61-,62-,63+,64+,65-,68?,69?,70+,71-,72+,73-,74-,75+/m0/s1. The van der Waals surface area contributed by atoms with E-state index < -0.39 is 53.3 Å². The van der Waals surface area contributed by atoms with Crippen molar-refractivity contribution in [2.75, 3.05) is 160 Å². The van der Waals surface area contributed by atoms with E-state index in [1.54, 1.807) is 7.11 Å².